The molecule has 0 unspecified atom stereocenters. The summed E-state index contributed by atoms with van der Waals surface area (Å²) in [5, 5.41) is 13.1. The molecule has 0 atom stereocenters. The highest BCUT2D eigenvalue weighted by atomic mass is 16.3. The van der Waals surface area contributed by atoms with Crippen LogP contribution < -0.4 is 4.90 Å². The first-order valence-corrected chi connectivity index (χ1v) is 5.02. The number of aliphatic hydroxyl groups excluding tert-OH is 1. The molecule has 3 rings (SSSR count). The van der Waals surface area contributed by atoms with Gasteiger partial charge in [-0.05, 0) is 6.07 Å². The summed E-state index contributed by atoms with van der Waals surface area (Å²) >= 11 is 0. The molecule has 1 fully saturated rings. The molecule has 0 aromatic carbocycles. The zero-order valence-electron chi connectivity index (χ0n) is 8.24. The van der Waals surface area contributed by atoms with Crippen molar-refractivity contribution in [3.8, 4) is 0 Å². The minimum atomic E-state index is 0.263. The first-order valence-electron chi connectivity index (χ1n) is 5.02. The fourth-order valence-corrected chi connectivity index (χ4v) is 1.95. The maximum atomic E-state index is 8.96. The van der Waals surface area contributed by atoms with Crippen molar-refractivity contribution in [3.63, 3.8) is 0 Å². The van der Waals surface area contributed by atoms with Crippen LogP contribution in [0.3, 0.4) is 0 Å². The van der Waals surface area contributed by atoms with Crippen LogP contribution in [0, 0.1) is 5.92 Å². The highest BCUT2D eigenvalue weighted by molar-refractivity contribution is 5.69. The second-order valence-electron chi connectivity index (χ2n) is 3.87. The van der Waals surface area contributed by atoms with Gasteiger partial charge in [-0.2, -0.15) is 5.10 Å². The predicted octanol–water partition coefficient (Wildman–Crippen LogP) is 0.158. The van der Waals surface area contributed by atoms with Crippen LogP contribution in [0.2, 0.25) is 0 Å². The average Bonchev–Trinajstić information content (AvgIpc) is 2.64. The van der Waals surface area contributed by atoms with Gasteiger partial charge in [0.15, 0.2) is 5.82 Å². The van der Waals surface area contributed by atoms with Gasteiger partial charge in [-0.3, -0.25) is 0 Å². The van der Waals surface area contributed by atoms with Gasteiger partial charge in [0, 0.05) is 38.0 Å². The van der Waals surface area contributed by atoms with Crippen molar-refractivity contribution < 1.29 is 5.11 Å². The minimum Gasteiger partial charge on any atom is -0.396 e. The molecule has 0 aliphatic carbocycles. The van der Waals surface area contributed by atoms with Gasteiger partial charge in [0.1, 0.15) is 5.52 Å². The zero-order chi connectivity index (χ0) is 10.3. The van der Waals surface area contributed by atoms with E-state index in [4.69, 9.17) is 5.11 Å². The number of fused-ring (bicyclic) bond motifs is 1. The smallest absolute Gasteiger partial charge is 0.154 e. The first kappa shape index (κ1) is 8.67. The van der Waals surface area contributed by atoms with Crippen molar-refractivity contribution in [1.29, 1.82) is 0 Å². The molecule has 0 radical (unpaired) electrons. The summed E-state index contributed by atoms with van der Waals surface area (Å²) in [4.78, 5) is 6.52. The van der Waals surface area contributed by atoms with Crippen molar-refractivity contribution >= 4 is 11.3 Å². The van der Waals surface area contributed by atoms with Crippen molar-refractivity contribution in [2.24, 2.45) is 5.92 Å². The van der Waals surface area contributed by atoms with Crippen LogP contribution >= 0.6 is 0 Å². The molecule has 0 saturated carbocycles. The lowest BCUT2D eigenvalue weighted by Crippen LogP contribution is -2.48. The number of aromatic nitrogens is 3. The van der Waals surface area contributed by atoms with E-state index >= 15 is 0 Å². The van der Waals surface area contributed by atoms with Crippen LogP contribution in [-0.2, 0) is 0 Å². The van der Waals surface area contributed by atoms with E-state index in [0.717, 1.165) is 24.4 Å². The Hall–Kier alpha value is -1.62. The van der Waals surface area contributed by atoms with E-state index in [1.165, 1.54) is 0 Å². The number of nitrogens with zero attached hydrogens (tertiary/aromatic N) is 4. The summed E-state index contributed by atoms with van der Waals surface area (Å²) < 4.78 is 1.81. The summed E-state index contributed by atoms with van der Waals surface area (Å²) in [7, 11) is 0. The van der Waals surface area contributed by atoms with Crippen molar-refractivity contribution in [2.45, 2.75) is 0 Å². The zero-order valence-corrected chi connectivity index (χ0v) is 8.24. The molecule has 2 aromatic rings. The van der Waals surface area contributed by atoms with Gasteiger partial charge in [-0.1, -0.05) is 0 Å². The Balaban J connectivity index is 1.95. The highest BCUT2D eigenvalue weighted by Gasteiger charge is 2.28. The van der Waals surface area contributed by atoms with E-state index in [1.807, 2.05) is 16.8 Å². The molecule has 0 spiro atoms. The van der Waals surface area contributed by atoms with Crippen LogP contribution in [0.5, 0.6) is 0 Å². The maximum absolute atomic E-state index is 8.96. The Morgan fingerprint density at radius 3 is 3.07 bits per heavy atom. The monoisotopic (exact) mass is 204 g/mol. The van der Waals surface area contributed by atoms with Gasteiger partial charge < -0.3 is 10.0 Å². The summed E-state index contributed by atoms with van der Waals surface area (Å²) in [6, 6.07) is 1.95. The van der Waals surface area contributed by atoms with Gasteiger partial charge in [0.05, 0.1) is 6.20 Å². The normalized spacial score (nSPS) is 17.0. The van der Waals surface area contributed by atoms with E-state index in [0.29, 0.717) is 5.92 Å². The molecular formula is C10H12N4O. The lowest BCUT2D eigenvalue weighted by molar-refractivity contribution is 0.200. The summed E-state index contributed by atoms with van der Waals surface area (Å²) in [5.41, 5.74) is 1.02. The van der Waals surface area contributed by atoms with Crippen molar-refractivity contribution in [1.82, 2.24) is 14.6 Å². The molecule has 1 N–H and O–H groups in total. The molecule has 0 amide bonds. The molecule has 15 heavy (non-hydrogen) atoms. The van der Waals surface area contributed by atoms with E-state index in [1.54, 1.807) is 12.4 Å². The molecule has 5 heteroatoms. The molecule has 1 aliphatic rings. The molecule has 3 heterocycles. The third kappa shape index (κ3) is 1.27. The molecule has 5 nitrogen and oxygen atoms in total. The second kappa shape index (κ2) is 3.20. The average molecular weight is 204 g/mol. The number of hydrogen-bond donors (Lipinski definition) is 1. The number of aliphatic hydroxyl groups is 1. The fourth-order valence-electron chi connectivity index (χ4n) is 1.95. The van der Waals surface area contributed by atoms with Gasteiger partial charge in [-0.25, -0.2) is 9.50 Å². The molecule has 78 valence electrons. The third-order valence-corrected chi connectivity index (χ3v) is 2.82. The van der Waals surface area contributed by atoms with E-state index in [-0.39, 0.29) is 6.61 Å². The van der Waals surface area contributed by atoms with E-state index < -0.39 is 0 Å². The Morgan fingerprint density at radius 2 is 2.27 bits per heavy atom. The van der Waals surface area contributed by atoms with Gasteiger partial charge in [0.2, 0.25) is 0 Å². The second-order valence-corrected chi connectivity index (χ2v) is 3.87. The van der Waals surface area contributed by atoms with Crippen LogP contribution in [0.4, 0.5) is 5.82 Å². The van der Waals surface area contributed by atoms with Crippen LogP contribution in [0.1, 0.15) is 0 Å². The maximum Gasteiger partial charge on any atom is 0.154 e. The summed E-state index contributed by atoms with van der Waals surface area (Å²) in [6.07, 6.45) is 5.35. The Morgan fingerprint density at radius 1 is 1.40 bits per heavy atom. The first-order chi connectivity index (χ1) is 7.38. The van der Waals surface area contributed by atoms with Crippen LogP contribution in [0.15, 0.2) is 24.7 Å². The van der Waals surface area contributed by atoms with Crippen LogP contribution in [0.25, 0.3) is 5.52 Å². The predicted molar refractivity (Wildman–Crippen MR) is 55.8 cm³/mol. The summed E-state index contributed by atoms with van der Waals surface area (Å²) in [5.74, 6) is 1.36. The molecule has 0 bridgehead atoms. The molecule has 2 aromatic heterocycles. The van der Waals surface area contributed by atoms with Gasteiger partial charge in [-0.15, -0.1) is 0 Å². The van der Waals surface area contributed by atoms with Crippen LogP contribution in [-0.4, -0.2) is 39.4 Å². The third-order valence-electron chi connectivity index (χ3n) is 2.82. The topological polar surface area (TPSA) is 53.7 Å². The van der Waals surface area contributed by atoms with Crippen molar-refractivity contribution in [3.05, 3.63) is 24.7 Å². The quantitative estimate of drug-likeness (QED) is 0.757. The SMILES string of the molecule is OCC1CN(c2nccn3nccc23)C1. The largest absolute Gasteiger partial charge is 0.396 e. The lowest BCUT2D eigenvalue weighted by atomic mass is 10.0. The number of hydrogen-bond acceptors (Lipinski definition) is 4. The molecular weight excluding hydrogens is 192 g/mol. The van der Waals surface area contributed by atoms with E-state index in [2.05, 4.69) is 15.0 Å². The minimum absolute atomic E-state index is 0.263. The Bertz CT molecular complexity index is 475. The summed E-state index contributed by atoms with van der Waals surface area (Å²) in [6.45, 7) is 2.03. The van der Waals surface area contributed by atoms with Gasteiger partial charge in [0.25, 0.3) is 0 Å². The number of rotatable bonds is 2. The van der Waals surface area contributed by atoms with Gasteiger partial charge >= 0.3 is 0 Å². The standard InChI is InChI=1S/C10H12N4O/c15-7-8-5-13(6-8)10-9-1-2-12-14(9)4-3-11-10/h1-4,8,15H,5-7H2. The number of anilines is 1. The Labute approximate surface area is 87.0 Å². The fraction of sp³-hybridized carbons (Fsp3) is 0.400. The molecule has 1 aliphatic heterocycles. The van der Waals surface area contributed by atoms with Crippen molar-refractivity contribution in [2.75, 3.05) is 24.6 Å². The lowest BCUT2D eigenvalue weighted by Gasteiger charge is -2.39. The highest BCUT2D eigenvalue weighted by Crippen LogP contribution is 2.25. The molecule has 1 saturated heterocycles. The van der Waals surface area contributed by atoms with E-state index in [9.17, 15) is 0 Å². The Kier molecular flexibility index (Phi) is 1.85.